The average Bonchev–Trinajstić information content (AvgIpc) is 2.58. The van der Waals surface area contributed by atoms with E-state index >= 15 is 0 Å². The molecule has 0 saturated heterocycles. The fraction of sp³-hybridized carbons (Fsp3) is 0.0556. The third-order valence-electron chi connectivity index (χ3n) is 3.07. The van der Waals surface area contributed by atoms with E-state index in [1.165, 1.54) is 12.4 Å². The molecule has 114 valence electrons. The fourth-order valence-electron chi connectivity index (χ4n) is 2.01. The average molecular weight is 305 g/mol. The van der Waals surface area contributed by atoms with Gasteiger partial charge in [-0.05, 0) is 17.7 Å². The van der Waals surface area contributed by atoms with Gasteiger partial charge in [0.15, 0.2) is 0 Å². The molecule has 1 N–H and O–H groups in total. The Labute approximate surface area is 134 Å². The summed E-state index contributed by atoms with van der Waals surface area (Å²) in [4.78, 5) is 20.1. The van der Waals surface area contributed by atoms with Gasteiger partial charge in [-0.1, -0.05) is 48.5 Å². The van der Waals surface area contributed by atoms with Crippen LogP contribution in [0.2, 0.25) is 0 Å². The van der Waals surface area contributed by atoms with Crippen molar-refractivity contribution in [3.63, 3.8) is 0 Å². The molecule has 1 heterocycles. The molecule has 0 saturated carbocycles. The maximum atomic E-state index is 12.0. The number of para-hydroxylation sites is 1. The minimum Gasteiger partial charge on any atom is -0.424 e. The molecule has 2 aromatic carbocycles. The maximum absolute atomic E-state index is 12.0. The van der Waals surface area contributed by atoms with Gasteiger partial charge in [0.1, 0.15) is 5.75 Å². The van der Waals surface area contributed by atoms with Crippen LogP contribution < -0.4 is 10.1 Å². The van der Waals surface area contributed by atoms with Gasteiger partial charge in [-0.25, -0.2) is 9.97 Å². The van der Waals surface area contributed by atoms with E-state index in [2.05, 4.69) is 15.3 Å². The number of ether oxygens (including phenoxy) is 1. The number of aromatic nitrogens is 2. The summed E-state index contributed by atoms with van der Waals surface area (Å²) in [6.07, 6.45) is 3.35. The van der Waals surface area contributed by atoms with Crippen LogP contribution in [0, 0.1) is 0 Å². The van der Waals surface area contributed by atoms with E-state index in [0.717, 1.165) is 5.56 Å². The molecule has 23 heavy (non-hydrogen) atoms. The van der Waals surface area contributed by atoms with E-state index in [9.17, 15) is 4.79 Å². The molecule has 0 spiro atoms. The molecule has 3 aromatic rings. The van der Waals surface area contributed by atoms with Crippen molar-refractivity contribution in [2.24, 2.45) is 0 Å². The van der Waals surface area contributed by atoms with Crippen molar-refractivity contribution in [2.75, 3.05) is 5.32 Å². The van der Waals surface area contributed by atoms with Crippen LogP contribution in [0.25, 0.3) is 0 Å². The number of hydrogen-bond donors (Lipinski definition) is 1. The maximum Gasteiger partial charge on any atom is 0.322 e. The first-order chi connectivity index (χ1) is 11.3. The van der Waals surface area contributed by atoms with Gasteiger partial charge in [0.2, 0.25) is 5.91 Å². The van der Waals surface area contributed by atoms with Crippen molar-refractivity contribution >= 4 is 11.6 Å². The lowest BCUT2D eigenvalue weighted by Crippen LogP contribution is -2.14. The van der Waals surface area contributed by atoms with Gasteiger partial charge in [0.05, 0.1) is 24.5 Å². The van der Waals surface area contributed by atoms with Crippen molar-refractivity contribution in [2.45, 2.75) is 6.42 Å². The Kier molecular flexibility index (Phi) is 4.59. The van der Waals surface area contributed by atoms with Gasteiger partial charge in [0, 0.05) is 0 Å². The molecule has 0 radical (unpaired) electrons. The van der Waals surface area contributed by atoms with Crippen molar-refractivity contribution in [1.29, 1.82) is 0 Å². The predicted octanol–water partition coefficient (Wildman–Crippen LogP) is 3.45. The van der Waals surface area contributed by atoms with E-state index in [1.807, 2.05) is 60.7 Å². The molecular weight excluding hydrogens is 290 g/mol. The lowest BCUT2D eigenvalue weighted by atomic mass is 10.1. The highest BCUT2D eigenvalue weighted by molar-refractivity contribution is 5.91. The van der Waals surface area contributed by atoms with Crippen LogP contribution in [-0.2, 0) is 11.2 Å². The summed E-state index contributed by atoms with van der Waals surface area (Å²) in [6, 6.07) is 19.1. The minimum absolute atomic E-state index is 0.114. The number of rotatable bonds is 5. The zero-order chi connectivity index (χ0) is 15.9. The van der Waals surface area contributed by atoms with E-state index in [1.54, 1.807) is 0 Å². The molecule has 0 aliphatic rings. The lowest BCUT2D eigenvalue weighted by Gasteiger charge is -2.06. The molecule has 1 amide bonds. The van der Waals surface area contributed by atoms with Crippen molar-refractivity contribution in [1.82, 2.24) is 9.97 Å². The summed E-state index contributed by atoms with van der Waals surface area (Å²) < 4.78 is 5.50. The Morgan fingerprint density at radius 1 is 0.913 bits per heavy atom. The molecule has 3 rings (SSSR count). The zero-order valence-corrected chi connectivity index (χ0v) is 12.3. The number of nitrogens with zero attached hydrogens (tertiary/aromatic N) is 2. The van der Waals surface area contributed by atoms with Crippen molar-refractivity contribution < 1.29 is 9.53 Å². The van der Waals surface area contributed by atoms with Crippen LogP contribution in [0.5, 0.6) is 11.8 Å². The lowest BCUT2D eigenvalue weighted by molar-refractivity contribution is -0.115. The molecule has 0 atom stereocenters. The van der Waals surface area contributed by atoms with Crippen LogP contribution in [-0.4, -0.2) is 15.9 Å². The molecule has 0 fully saturated rings. The van der Waals surface area contributed by atoms with Crippen LogP contribution in [0.15, 0.2) is 73.1 Å². The molecule has 0 unspecified atom stereocenters. The zero-order valence-electron chi connectivity index (χ0n) is 12.3. The van der Waals surface area contributed by atoms with Gasteiger partial charge in [0.25, 0.3) is 0 Å². The molecular formula is C18H15N3O2. The minimum atomic E-state index is -0.114. The number of benzene rings is 2. The second-order valence-electron chi connectivity index (χ2n) is 4.88. The van der Waals surface area contributed by atoms with Gasteiger partial charge >= 0.3 is 6.01 Å². The largest absolute Gasteiger partial charge is 0.424 e. The first-order valence-electron chi connectivity index (χ1n) is 7.18. The molecule has 5 heteroatoms. The van der Waals surface area contributed by atoms with E-state index in [4.69, 9.17) is 4.74 Å². The van der Waals surface area contributed by atoms with Crippen LogP contribution in [0.3, 0.4) is 0 Å². The third kappa shape index (κ3) is 4.38. The Morgan fingerprint density at radius 2 is 1.52 bits per heavy atom. The Balaban J connectivity index is 1.58. The predicted molar refractivity (Wildman–Crippen MR) is 87.3 cm³/mol. The molecule has 0 aliphatic heterocycles. The summed E-state index contributed by atoms with van der Waals surface area (Å²) in [7, 11) is 0. The summed E-state index contributed by atoms with van der Waals surface area (Å²) in [5.74, 6) is 0.546. The number of anilines is 1. The van der Waals surface area contributed by atoms with Crippen LogP contribution in [0.4, 0.5) is 5.69 Å². The summed E-state index contributed by atoms with van der Waals surface area (Å²) in [6.45, 7) is 0. The van der Waals surface area contributed by atoms with Crippen molar-refractivity contribution in [3.05, 3.63) is 78.6 Å². The number of carbonyl (C=O) groups excluding carboxylic acids is 1. The first kappa shape index (κ1) is 14.7. The Bertz CT molecular complexity index is 759. The van der Waals surface area contributed by atoms with Gasteiger partial charge in [-0.15, -0.1) is 0 Å². The smallest absolute Gasteiger partial charge is 0.322 e. The molecule has 5 nitrogen and oxygen atoms in total. The number of hydrogen-bond acceptors (Lipinski definition) is 4. The molecule has 1 aromatic heterocycles. The topological polar surface area (TPSA) is 64.1 Å². The standard InChI is InChI=1S/C18H15N3O2/c22-17(11-14-7-3-1-4-8-14)21-15-12-19-18(20-13-15)23-16-9-5-2-6-10-16/h1-10,12-13H,11H2,(H,21,22). The normalized spacial score (nSPS) is 10.1. The Hall–Kier alpha value is -3.21. The summed E-state index contributed by atoms with van der Waals surface area (Å²) >= 11 is 0. The number of amides is 1. The third-order valence-corrected chi connectivity index (χ3v) is 3.07. The van der Waals surface area contributed by atoms with Gasteiger partial charge in [-0.3, -0.25) is 4.79 Å². The first-order valence-corrected chi connectivity index (χ1v) is 7.18. The quantitative estimate of drug-likeness (QED) is 0.784. The molecule has 0 aliphatic carbocycles. The van der Waals surface area contributed by atoms with Crippen LogP contribution in [0.1, 0.15) is 5.56 Å². The Morgan fingerprint density at radius 3 is 2.17 bits per heavy atom. The van der Waals surface area contributed by atoms with Crippen LogP contribution >= 0.6 is 0 Å². The van der Waals surface area contributed by atoms with E-state index in [0.29, 0.717) is 17.9 Å². The van der Waals surface area contributed by atoms with E-state index < -0.39 is 0 Å². The van der Waals surface area contributed by atoms with Gasteiger partial charge in [-0.2, -0.15) is 0 Å². The van der Waals surface area contributed by atoms with Gasteiger partial charge < -0.3 is 10.1 Å². The summed E-state index contributed by atoms with van der Waals surface area (Å²) in [5, 5.41) is 2.76. The molecule has 0 bridgehead atoms. The highest BCUT2D eigenvalue weighted by atomic mass is 16.5. The number of nitrogens with one attached hydrogen (secondary N) is 1. The highest BCUT2D eigenvalue weighted by Gasteiger charge is 2.05. The van der Waals surface area contributed by atoms with Crippen molar-refractivity contribution in [3.8, 4) is 11.8 Å². The highest BCUT2D eigenvalue weighted by Crippen LogP contribution is 2.17. The monoisotopic (exact) mass is 305 g/mol. The second-order valence-corrected chi connectivity index (χ2v) is 4.88. The van der Waals surface area contributed by atoms with E-state index in [-0.39, 0.29) is 11.9 Å². The second kappa shape index (κ2) is 7.17. The fourth-order valence-corrected chi connectivity index (χ4v) is 2.01. The summed E-state index contributed by atoms with van der Waals surface area (Å²) in [5.41, 5.74) is 1.49. The number of carbonyl (C=O) groups is 1. The SMILES string of the molecule is O=C(Cc1ccccc1)Nc1cnc(Oc2ccccc2)nc1.